The summed E-state index contributed by atoms with van der Waals surface area (Å²) in [4.78, 5) is 22.7. The number of ether oxygens (including phenoxy) is 3. The van der Waals surface area contributed by atoms with Crippen molar-refractivity contribution in [2.75, 3.05) is 7.11 Å². The van der Waals surface area contributed by atoms with Gasteiger partial charge in [-0.25, -0.2) is 4.79 Å². The first-order valence-corrected chi connectivity index (χ1v) is 6.49. The average molecular weight is 292 g/mol. The van der Waals surface area contributed by atoms with Crippen molar-refractivity contribution in [3.05, 3.63) is 35.4 Å². The van der Waals surface area contributed by atoms with Crippen LogP contribution in [0.2, 0.25) is 0 Å². The van der Waals surface area contributed by atoms with E-state index in [1.807, 2.05) is 0 Å². The lowest BCUT2D eigenvalue weighted by Gasteiger charge is -2.18. The van der Waals surface area contributed by atoms with Gasteiger partial charge in [0.25, 0.3) is 0 Å². The molecular weight excluding hydrogens is 272 g/mol. The minimum Gasteiger partial charge on any atom is -0.496 e. The van der Waals surface area contributed by atoms with Crippen LogP contribution in [0.25, 0.3) is 0 Å². The molecule has 0 radical (unpaired) electrons. The number of carbonyl (C=O) groups excluding carboxylic acids is 2. The molecular formula is C16H20O5. The summed E-state index contributed by atoms with van der Waals surface area (Å²) in [6.45, 7) is 10.0. The minimum absolute atomic E-state index is 0.328. The Morgan fingerprint density at radius 1 is 1.19 bits per heavy atom. The number of rotatable bonds is 5. The van der Waals surface area contributed by atoms with Crippen LogP contribution >= 0.6 is 0 Å². The maximum Gasteiger partial charge on any atom is 0.333 e. The predicted molar refractivity (Wildman–Crippen MR) is 78.4 cm³/mol. The third kappa shape index (κ3) is 4.34. The molecule has 0 heterocycles. The molecule has 0 saturated carbocycles. The monoisotopic (exact) mass is 292 g/mol. The molecule has 0 N–H and O–H groups in total. The van der Waals surface area contributed by atoms with E-state index in [4.69, 9.17) is 14.2 Å². The predicted octanol–water partition coefficient (Wildman–Crippen LogP) is 3.11. The second-order valence-corrected chi connectivity index (χ2v) is 4.78. The Morgan fingerprint density at radius 3 is 2.29 bits per heavy atom. The normalized spacial score (nSPS) is 11.5. The largest absolute Gasteiger partial charge is 0.496 e. The average Bonchev–Trinajstić information content (AvgIpc) is 2.39. The van der Waals surface area contributed by atoms with Crippen molar-refractivity contribution in [1.29, 1.82) is 0 Å². The number of esters is 2. The molecule has 0 aliphatic rings. The van der Waals surface area contributed by atoms with Gasteiger partial charge >= 0.3 is 11.9 Å². The van der Waals surface area contributed by atoms with Crippen LogP contribution in [0, 0.1) is 6.92 Å². The highest BCUT2D eigenvalue weighted by Crippen LogP contribution is 2.34. The topological polar surface area (TPSA) is 61.8 Å². The van der Waals surface area contributed by atoms with Gasteiger partial charge in [0.15, 0.2) is 0 Å². The highest BCUT2D eigenvalue weighted by molar-refractivity contribution is 5.87. The second kappa shape index (κ2) is 6.92. The Balaban J connectivity index is 3.12. The van der Waals surface area contributed by atoms with E-state index in [0.717, 1.165) is 5.56 Å². The minimum atomic E-state index is -0.505. The third-order valence-corrected chi connectivity index (χ3v) is 2.85. The maximum atomic E-state index is 11.6. The second-order valence-electron chi connectivity index (χ2n) is 4.78. The van der Waals surface area contributed by atoms with Crippen LogP contribution in [-0.4, -0.2) is 19.0 Å². The number of methoxy groups -OCH3 is 1. The Bertz CT molecular complexity index is 574. The van der Waals surface area contributed by atoms with Crippen molar-refractivity contribution < 1.29 is 23.8 Å². The standard InChI is InChI=1S/C16H20O5/c1-9(2)16(18)20-11(4)13-7-10(3)14(21-12(5)17)8-15(13)19-6/h7-8,11H,1H2,2-6H3. The first-order valence-electron chi connectivity index (χ1n) is 6.49. The highest BCUT2D eigenvalue weighted by Gasteiger charge is 2.19. The zero-order chi connectivity index (χ0) is 16.2. The Hall–Kier alpha value is -2.30. The van der Waals surface area contributed by atoms with E-state index in [0.29, 0.717) is 22.6 Å². The molecule has 0 spiro atoms. The molecule has 0 aliphatic heterocycles. The first kappa shape index (κ1) is 16.8. The van der Waals surface area contributed by atoms with Crippen molar-refractivity contribution in [2.24, 2.45) is 0 Å². The summed E-state index contributed by atoms with van der Waals surface area (Å²) in [5.74, 6) is 0.0290. The number of hydrogen-bond acceptors (Lipinski definition) is 5. The summed E-state index contributed by atoms with van der Waals surface area (Å²) in [6.07, 6.45) is -0.505. The number of aryl methyl sites for hydroxylation is 1. The zero-order valence-electron chi connectivity index (χ0n) is 13.0. The summed E-state index contributed by atoms with van der Waals surface area (Å²) in [5, 5.41) is 0. The van der Waals surface area contributed by atoms with Crippen LogP contribution in [0.15, 0.2) is 24.3 Å². The van der Waals surface area contributed by atoms with Crippen molar-refractivity contribution in [2.45, 2.75) is 33.8 Å². The van der Waals surface area contributed by atoms with Gasteiger partial charge in [-0.1, -0.05) is 6.58 Å². The van der Waals surface area contributed by atoms with Crippen molar-refractivity contribution >= 4 is 11.9 Å². The molecule has 5 heteroatoms. The molecule has 0 saturated heterocycles. The molecule has 1 rings (SSSR count). The molecule has 1 unspecified atom stereocenters. The number of carbonyl (C=O) groups is 2. The van der Waals surface area contributed by atoms with Gasteiger partial charge in [0.1, 0.15) is 17.6 Å². The summed E-state index contributed by atoms with van der Waals surface area (Å²) >= 11 is 0. The van der Waals surface area contributed by atoms with E-state index >= 15 is 0 Å². The summed E-state index contributed by atoms with van der Waals surface area (Å²) in [6, 6.07) is 3.38. The lowest BCUT2D eigenvalue weighted by Crippen LogP contribution is -2.11. The van der Waals surface area contributed by atoms with E-state index in [-0.39, 0.29) is 0 Å². The third-order valence-electron chi connectivity index (χ3n) is 2.85. The van der Waals surface area contributed by atoms with Crippen molar-refractivity contribution in [1.82, 2.24) is 0 Å². The van der Waals surface area contributed by atoms with E-state index in [9.17, 15) is 9.59 Å². The zero-order valence-corrected chi connectivity index (χ0v) is 13.0. The van der Waals surface area contributed by atoms with E-state index in [1.165, 1.54) is 14.0 Å². The lowest BCUT2D eigenvalue weighted by molar-refractivity contribution is -0.143. The molecule has 5 nitrogen and oxygen atoms in total. The van der Waals surface area contributed by atoms with Gasteiger partial charge in [0.05, 0.1) is 7.11 Å². The van der Waals surface area contributed by atoms with Gasteiger partial charge in [-0.05, 0) is 32.4 Å². The van der Waals surface area contributed by atoms with E-state index < -0.39 is 18.0 Å². The SMILES string of the molecule is C=C(C)C(=O)OC(C)c1cc(C)c(OC(C)=O)cc1OC. The molecule has 0 aromatic heterocycles. The van der Waals surface area contributed by atoms with Gasteiger partial charge < -0.3 is 14.2 Å². The van der Waals surface area contributed by atoms with E-state index in [2.05, 4.69) is 6.58 Å². The molecule has 114 valence electrons. The Kier molecular flexibility index (Phi) is 5.52. The quantitative estimate of drug-likeness (QED) is 0.474. The van der Waals surface area contributed by atoms with Crippen LogP contribution in [0.3, 0.4) is 0 Å². The van der Waals surface area contributed by atoms with Gasteiger partial charge in [-0.2, -0.15) is 0 Å². The lowest BCUT2D eigenvalue weighted by atomic mass is 10.0. The van der Waals surface area contributed by atoms with Gasteiger partial charge in [-0.3, -0.25) is 4.79 Å². The molecule has 1 aromatic rings. The molecule has 0 amide bonds. The molecule has 0 bridgehead atoms. The van der Waals surface area contributed by atoms with Crippen molar-refractivity contribution in [3.63, 3.8) is 0 Å². The van der Waals surface area contributed by atoms with Gasteiger partial charge in [0, 0.05) is 24.1 Å². The smallest absolute Gasteiger partial charge is 0.333 e. The van der Waals surface area contributed by atoms with Crippen LogP contribution < -0.4 is 9.47 Å². The van der Waals surface area contributed by atoms with Crippen LogP contribution in [0.4, 0.5) is 0 Å². The number of hydrogen-bond donors (Lipinski definition) is 0. The summed E-state index contributed by atoms with van der Waals surface area (Å²) < 4.78 is 15.7. The molecule has 21 heavy (non-hydrogen) atoms. The Morgan fingerprint density at radius 2 is 1.81 bits per heavy atom. The maximum absolute atomic E-state index is 11.6. The van der Waals surface area contributed by atoms with Crippen LogP contribution in [0.5, 0.6) is 11.5 Å². The Labute approximate surface area is 124 Å². The molecule has 1 atom stereocenters. The number of benzene rings is 1. The van der Waals surface area contributed by atoms with Gasteiger partial charge in [-0.15, -0.1) is 0 Å². The summed E-state index contributed by atoms with van der Waals surface area (Å²) in [7, 11) is 1.50. The van der Waals surface area contributed by atoms with Crippen molar-refractivity contribution in [3.8, 4) is 11.5 Å². The first-order chi connectivity index (χ1) is 9.76. The fraction of sp³-hybridized carbons (Fsp3) is 0.375. The summed E-state index contributed by atoms with van der Waals surface area (Å²) in [5.41, 5.74) is 1.77. The molecule has 0 aliphatic carbocycles. The fourth-order valence-electron chi connectivity index (χ4n) is 1.78. The fourth-order valence-corrected chi connectivity index (χ4v) is 1.78. The molecule has 0 fully saturated rings. The van der Waals surface area contributed by atoms with Crippen LogP contribution in [0.1, 0.15) is 38.0 Å². The highest BCUT2D eigenvalue weighted by atomic mass is 16.5. The van der Waals surface area contributed by atoms with Crippen LogP contribution in [-0.2, 0) is 14.3 Å². The van der Waals surface area contributed by atoms with Gasteiger partial charge in [0.2, 0.25) is 0 Å². The molecule has 1 aromatic carbocycles. The van der Waals surface area contributed by atoms with E-state index in [1.54, 1.807) is 32.9 Å².